The van der Waals surface area contributed by atoms with Crippen LogP contribution in [-0.2, 0) is 20.7 Å². The Balaban J connectivity index is 2.46. The highest BCUT2D eigenvalue weighted by atomic mass is 16.5. The summed E-state index contributed by atoms with van der Waals surface area (Å²) < 4.78 is 15.3. The number of esters is 1. The van der Waals surface area contributed by atoms with Gasteiger partial charge in [0.25, 0.3) is 5.91 Å². The maximum atomic E-state index is 11.8. The molecule has 0 fully saturated rings. The number of carbonyl (C=O) groups is 2. The zero-order valence-corrected chi connectivity index (χ0v) is 14.2. The van der Waals surface area contributed by atoms with Gasteiger partial charge >= 0.3 is 5.97 Å². The van der Waals surface area contributed by atoms with Crippen LogP contribution in [0, 0.1) is 0 Å². The van der Waals surface area contributed by atoms with E-state index < -0.39 is 5.97 Å². The molecule has 1 N–H and O–H groups in total. The van der Waals surface area contributed by atoms with Crippen LogP contribution in [0.25, 0.3) is 0 Å². The maximum absolute atomic E-state index is 11.8. The first-order valence-electron chi connectivity index (χ1n) is 7.66. The Morgan fingerprint density at radius 2 is 1.87 bits per heavy atom. The molecule has 1 atom stereocenters. The molecule has 0 aromatic heterocycles. The molecule has 0 radical (unpaired) electrons. The lowest BCUT2D eigenvalue weighted by Gasteiger charge is -2.13. The minimum Gasteiger partial charge on any atom is -0.493 e. The Hall–Kier alpha value is -2.24. The molecule has 6 nitrogen and oxygen atoms in total. The Kier molecular flexibility index (Phi) is 7.94. The standard InChI is InChI=1S/C17H25NO5/c1-5-6-12(2)18-16(19)11-23-17(20)10-13-7-8-14(21-3)15(9-13)22-4/h7-9,12H,5-6,10-11H2,1-4H3,(H,18,19)/t12-/m1/s1. The van der Waals surface area contributed by atoms with Crippen LogP contribution >= 0.6 is 0 Å². The molecule has 0 unspecified atom stereocenters. The highest BCUT2D eigenvalue weighted by Crippen LogP contribution is 2.27. The van der Waals surface area contributed by atoms with Gasteiger partial charge < -0.3 is 19.5 Å². The van der Waals surface area contributed by atoms with E-state index >= 15 is 0 Å². The van der Waals surface area contributed by atoms with E-state index in [1.807, 2.05) is 13.8 Å². The topological polar surface area (TPSA) is 73.9 Å². The van der Waals surface area contributed by atoms with Crippen LogP contribution in [0.15, 0.2) is 18.2 Å². The van der Waals surface area contributed by atoms with Crippen molar-refractivity contribution in [1.29, 1.82) is 0 Å². The third-order valence-corrected chi connectivity index (χ3v) is 3.29. The summed E-state index contributed by atoms with van der Waals surface area (Å²) in [6, 6.07) is 5.27. The average molecular weight is 323 g/mol. The molecule has 23 heavy (non-hydrogen) atoms. The zero-order chi connectivity index (χ0) is 17.2. The van der Waals surface area contributed by atoms with Gasteiger partial charge in [-0.2, -0.15) is 0 Å². The van der Waals surface area contributed by atoms with Crippen LogP contribution in [0.3, 0.4) is 0 Å². The maximum Gasteiger partial charge on any atom is 0.310 e. The molecule has 6 heteroatoms. The van der Waals surface area contributed by atoms with Gasteiger partial charge in [-0.1, -0.05) is 19.4 Å². The quantitative estimate of drug-likeness (QED) is 0.705. The number of benzene rings is 1. The van der Waals surface area contributed by atoms with E-state index in [1.165, 1.54) is 7.11 Å². The van der Waals surface area contributed by atoms with Crippen molar-refractivity contribution < 1.29 is 23.8 Å². The molecule has 0 aliphatic carbocycles. The fourth-order valence-corrected chi connectivity index (χ4v) is 2.18. The molecule has 1 aromatic rings. The van der Waals surface area contributed by atoms with Crippen LogP contribution in [0.2, 0.25) is 0 Å². The third kappa shape index (κ3) is 6.59. The predicted octanol–water partition coefficient (Wildman–Crippen LogP) is 2.09. The molecule has 0 spiro atoms. The van der Waals surface area contributed by atoms with E-state index in [2.05, 4.69) is 5.32 Å². The lowest BCUT2D eigenvalue weighted by Crippen LogP contribution is -2.35. The van der Waals surface area contributed by atoms with E-state index in [4.69, 9.17) is 14.2 Å². The molecule has 128 valence electrons. The Morgan fingerprint density at radius 1 is 1.17 bits per heavy atom. The summed E-state index contributed by atoms with van der Waals surface area (Å²) in [5, 5.41) is 2.78. The summed E-state index contributed by atoms with van der Waals surface area (Å²) in [5.41, 5.74) is 0.729. The molecule has 0 heterocycles. The number of amides is 1. The van der Waals surface area contributed by atoms with E-state index in [0.29, 0.717) is 11.5 Å². The van der Waals surface area contributed by atoms with Crippen LogP contribution in [-0.4, -0.2) is 38.7 Å². The minimum absolute atomic E-state index is 0.0676. The second-order valence-corrected chi connectivity index (χ2v) is 5.28. The van der Waals surface area contributed by atoms with Gasteiger partial charge in [0.15, 0.2) is 18.1 Å². The summed E-state index contributed by atoms with van der Waals surface area (Å²) in [5.74, 6) is 0.389. The van der Waals surface area contributed by atoms with Crippen molar-refractivity contribution in [3.63, 3.8) is 0 Å². The zero-order valence-electron chi connectivity index (χ0n) is 14.2. The van der Waals surface area contributed by atoms with Crippen molar-refractivity contribution in [2.45, 2.75) is 39.2 Å². The SMILES string of the molecule is CCC[C@@H](C)NC(=O)COC(=O)Cc1ccc(OC)c(OC)c1. The number of methoxy groups -OCH3 is 2. The van der Waals surface area contributed by atoms with Gasteiger partial charge in [-0.15, -0.1) is 0 Å². The van der Waals surface area contributed by atoms with Gasteiger partial charge in [-0.3, -0.25) is 9.59 Å². The van der Waals surface area contributed by atoms with E-state index in [1.54, 1.807) is 25.3 Å². The van der Waals surface area contributed by atoms with Crippen molar-refractivity contribution in [3.8, 4) is 11.5 Å². The van der Waals surface area contributed by atoms with Crippen LogP contribution in [0.4, 0.5) is 0 Å². The van der Waals surface area contributed by atoms with Crippen molar-refractivity contribution in [2.75, 3.05) is 20.8 Å². The van der Waals surface area contributed by atoms with Crippen molar-refractivity contribution in [2.24, 2.45) is 0 Å². The van der Waals surface area contributed by atoms with E-state index in [0.717, 1.165) is 18.4 Å². The number of hydrogen-bond donors (Lipinski definition) is 1. The number of hydrogen-bond acceptors (Lipinski definition) is 5. The Bertz CT molecular complexity index is 530. The first kappa shape index (κ1) is 18.8. The van der Waals surface area contributed by atoms with Crippen LogP contribution in [0.5, 0.6) is 11.5 Å². The summed E-state index contributed by atoms with van der Waals surface area (Å²) in [6.07, 6.45) is 1.95. The second kappa shape index (κ2) is 9.71. The Labute approximate surface area is 137 Å². The lowest BCUT2D eigenvalue weighted by molar-refractivity contribution is -0.148. The van der Waals surface area contributed by atoms with Crippen LogP contribution in [0.1, 0.15) is 32.3 Å². The van der Waals surface area contributed by atoms with Gasteiger partial charge in [0.1, 0.15) is 0 Å². The molecule has 0 bridgehead atoms. The highest BCUT2D eigenvalue weighted by molar-refractivity contribution is 5.81. The first-order valence-corrected chi connectivity index (χ1v) is 7.66. The van der Waals surface area contributed by atoms with Crippen molar-refractivity contribution >= 4 is 11.9 Å². The summed E-state index contributed by atoms with van der Waals surface area (Å²) in [6.45, 7) is 3.71. The molecule has 0 saturated heterocycles. The van der Waals surface area contributed by atoms with Crippen molar-refractivity contribution in [1.82, 2.24) is 5.32 Å². The molecule has 1 amide bonds. The molecule has 0 aliphatic heterocycles. The van der Waals surface area contributed by atoms with Crippen LogP contribution < -0.4 is 14.8 Å². The monoisotopic (exact) mass is 323 g/mol. The van der Waals surface area contributed by atoms with Gasteiger partial charge in [0, 0.05) is 6.04 Å². The highest BCUT2D eigenvalue weighted by Gasteiger charge is 2.12. The summed E-state index contributed by atoms with van der Waals surface area (Å²) in [7, 11) is 3.08. The number of carbonyl (C=O) groups excluding carboxylic acids is 2. The van der Waals surface area contributed by atoms with Gasteiger partial charge in [0.2, 0.25) is 0 Å². The summed E-state index contributed by atoms with van der Waals surface area (Å²) >= 11 is 0. The third-order valence-electron chi connectivity index (χ3n) is 3.29. The van der Waals surface area contributed by atoms with Gasteiger partial charge in [-0.05, 0) is 31.0 Å². The number of ether oxygens (including phenoxy) is 3. The van der Waals surface area contributed by atoms with Crippen molar-refractivity contribution in [3.05, 3.63) is 23.8 Å². The largest absolute Gasteiger partial charge is 0.493 e. The molecule has 1 aromatic carbocycles. The molecular weight excluding hydrogens is 298 g/mol. The Morgan fingerprint density at radius 3 is 2.48 bits per heavy atom. The number of nitrogens with one attached hydrogen (secondary N) is 1. The molecule has 0 aliphatic rings. The lowest BCUT2D eigenvalue weighted by atomic mass is 10.1. The molecule has 1 rings (SSSR count). The normalized spacial score (nSPS) is 11.5. The first-order chi connectivity index (χ1) is 11.0. The molecular formula is C17H25NO5. The number of rotatable bonds is 9. The van der Waals surface area contributed by atoms with Gasteiger partial charge in [-0.25, -0.2) is 0 Å². The van der Waals surface area contributed by atoms with Gasteiger partial charge in [0.05, 0.1) is 20.6 Å². The minimum atomic E-state index is -0.462. The average Bonchev–Trinajstić information content (AvgIpc) is 2.53. The smallest absolute Gasteiger partial charge is 0.310 e. The molecule has 0 saturated carbocycles. The van der Waals surface area contributed by atoms with E-state index in [-0.39, 0.29) is 25.0 Å². The van der Waals surface area contributed by atoms with E-state index in [9.17, 15) is 9.59 Å². The predicted molar refractivity (Wildman–Crippen MR) is 86.7 cm³/mol. The fraction of sp³-hybridized carbons (Fsp3) is 0.529. The second-order valence-electron chi connectivity index (χ2n) is 5.28. The summed E-state index contributed by atoms with van der Waals surface area (Å²) in [4.78, 5) is 23.5. The fourth-order valence-electron chi connectivity index (χ4n) is 2.18.